The molecule has 0 unspecified atom stereocenters. The largest absolute Gasteiger partial charge is 0.416 e. The number of rotatable bonds is 1. The summed E-state index contributed by atoms with van der Waals surface area (Å²) in [7, 11) is 0. The highest BCUT2D eigenvalue weighted by Gasteiger charge is 2.49. The Morgan fingerprint density at radius 2 is 2.04 bits per heavy atom. The molecule has 0 aliphatic carbocycles. The van der Waals surface area contributed by atoms with Gasteiger partial charge in [-0.3, -0.25) is 9.59 Å². The molecule has 1 N–H and O–H groups in total. The fourth-order valence-electron chi connectivity index (χ4n) is 3.36. The van der Waals surface area contributed by atoms with Gasteiger partial charge in [-0.15, -0.1) is 11.3 Å². The summed E-state index contributed by atoms with van der Waals surface area (Å²) < 4.78 is 38.8. The Labute approximate surface area is 149 Å². The molecule has 4 rings (SSSR count). The Morgan fingerprint density at radius 1 is 1.32 bits per heavy atom. The first-order valence-electron chi connectivity index (χ1n) is 7.58. The number of thiophene rings is 1. The van der Waals surface area contributed by atoms with Gasteiger partial charge in [0, 0.05) is 29.6 Å². The molecule has 2 fully saturated rings. The average Bonchev–Trinajstić information content (AvgIpc) is 3.05. The van der Waals surface area contributed by atoms with Crippen molar-refractivity contribution in [1.29, 1.82) is 0 Å². The molecule has 2 amide bonds. The maximum Gasteiger partial charge on any atom is 0.416 e. The summed E-state index contributed by atoms with van der Waals surface area (Å²) >= 11 is 7.19. The Hall–Kier alpha value is -1.80. The van der Waals surface area contributed by atoms with Crippen molar-refractivity contribution in [2.45, 2.75) is 24.6 Å². The highest BCUT2D eigenvalue weighted by molar-refractivity contribution is 7.21. The number of nitrogens with one attached hydrogen (secondary N) is 1. The van der Waals surface area contributed by atoms with Gasteiger partial charge in [0.15, 0.2) is 0 Å². The van der Waals surface area contributed by atoms with Gasteiger partial charge in [0.2, 0.25) is 5.91 Å². The first-order chi connectivity index (χ1) is 11.7. The van der Waals surface area contributed by atoms with Gasteiger partial charge in [-0.2, -0.15) is 13.2 Å². The maximum absolute atomic E-state index is 12.8. The van der Waals surface area contributed by atoms with Crippen LogP contribution in [0.3, 0.4) is 0 Å². The van der Waals surface area contributed by atoms with Crippen LogP contribution in [0, 0.1) is 0 Å². The van der Waals surface area contributed by atoms with E-state index in [0.717, 1.165) is 23.5 Å². The van der Waals surface area contributed by atoms with E-state index in [9.17, 15) is 22.8 Å². The van der Waals surface area contributed by atoms with Crippen molar-refractivity contribution in [3.63, 3.8) is 0 Å². The van der Waals surface area contributed by atoms with Crippen molar-refractivity contribution in [2.24, 2.45) is 0 Å². The molecule has 1 aromatic heterocycles. The third kappa shape index (κ3) is 2.67. The zero-order valence-electron chi connectivity index (χ0n) is 12.7. The molecule has 4 nitrogen and oxygen atoms in total. The Morgan fingerprint density at radius 3 is 2.64 bits per heavy atom. The van der Waals surface area contributed by atoms with E-state index >= 15 is 0 Å². The number of carbonyl (C=O) groups is 2. The van der Waals surface area contributed by atoms with Gasteiger partial charge in [-0.1, -0.05) is 17.7 Å². The Kier molecular flexibility index (Phi) is 3.56. The van der Waals surface area contributed by atoms with Crippen molar-refractivity contribution in [3.05, 3.63) is 33.7 Å². The smallest absolute Gasteiger partial charge is 0.347 e. The molecule has 0 bridgehead atoms. The van der Waals surface area contributed by atoms with E-state index in [1.807, 2.05) is 0 Å². The lowest BCUT2D eigenvalue weighted by molar-refractivity contribution is -0.137. The molecular weight excluding hydrogens is 377 g/mol. The van der Waals surface area contributed by atoms with Gasteiger partial charge >= 0.3 is 6.18 Å². The monoisotopic (exact) mass is 388 g/mol. The number of nitrogens with zero attached hydrogens (tertiary/aromatic N) is 1. The minimum absolute atomic E-state index is 0.0216. The molecule has 1 spiro atoms. The summed E-state index contributed by atoms with van der Waals surface area (Å²) in [5, 5.41) is 3.49. The van der Waals surface area contributed by atoms with Crippen LogP contribution in [-0.2, 0) is 11.0 Å². The minimum atomic E-state index is -4.45. The number of likely N-dealkylation sites (tertiary alicyclic amines) is 1. The van der Waals surface area contributed by atoms with Crippen LogP contribution in [0.15, 0.2) is 18.2 Å². The van der Waals surface area contributed by atoms with E-state index in [1.165, 1.54) is 6.07 Å². The van der Waals surface area contributed by atoms with Gasteiger partial charge < -0.3 is 10.2 Å². The molecule has 0 atom stereocenters. The summed E-state index contributed by atoms with van der Waals surface area (Å²) in [6, 6.07) is 3.27. The number of carbonyl (C=O) groups excluding carboxylic acids is 2. The number of hydrogen-bond donors (Lipinski definition) is 1. The number of benzene rings is 1. The van der Waals surface area contributed by atoms with Gasteiger partial charge in [-0.25, -0.2) is 0 Å². The van der Waals surface area contributed by atoms with E-state index in [2.05, 4.69) is 5.32 Å². The number of hydrogen-bond acceptors (Lipinski definition) is 3. The maximum atomic E-state index is 12.8. The Balaban J connectivity index is 1.60. The average molecular weight is 389 g/mol. The lowest BCUT2D eigenvalue weighted by Gasteiger charge is -2.47. The summed E-state index contributed by atoms with van der Waals surface area (Å²) in [4.78, 5) is 25.8. The first kappa shape index (κ1) is 16.7. The second kappa shape index (κ2) is 5.35. The summed E-state index contributed by atoms with van der Waals surface area (Å²) in [6.45, 7) is 0.798. The van der Waals surface area contributed by atoms with Gasteiger partial charge in [-0.05, 0) is 18.6 Å². The zero-order chi connectivity index (χ0) is 18.0. The van der Waals surface area contributed by atoms with Crippen LogP contribution in [0.4, 0.5) is 13.2 Å². The second-order valence-corrected chi connectivity index (χ2v) is 7.87. The van der Waals surface area contributed by atoms with Crippen LogP contribution in [-0.4, -0.2) is 35.3 Å². The van der Waals surface area contributed by atoms with Crippen LogP contribution < -0.4 is 5.32 Å². The van der Waals surface area contributed by atoms with Crippen LogP contribution in [0.25, 0.3) is 10.1 Å². The molecule has 2 saturated heterocycles. The minimum Gasteiger partial charge on any atom is -0.347 e. The normalized spacial score (nSPS) is 19.4. The van der Waals surface area contributed by atoms with E-state index in [0.29, 0.717) is 36.0 Å². The SMILES string of the molecule is O=C1CCC2(CN(C(=O)c3sc4cc(C(F)(F)F)ccc4c3Cl)C2)N1. The summed E-state index contributed by atoms with van der Waals surface area (Å²) in [6.07, 6.45) is -3.31. The van der Waals surface area contributed by atoms with Crippen molar-refractivity contribution in [3.8, 4) is 0 Å². The zero-order valence-corrected chi connectivity index (χ0v) is 14.3. The topological polar surface area (TPSA) is 49.4 Å². The number of halogens is 4. The Bertz CT molecular complexity index is 903. The summed E-state index contributed by atoms with van der Waals surface area (Å²) in [5.41, 5.74) is -1.12. The molecular formula is C16H12ClF3N2O2S. The molecule has 1 aromatic carbocycles. The third-order valence-electron chi connectivity index (χ3n) is 4.66. The molecule has 25 heavy (non-hydrogen) atoms. The second-order valence-electron chi connectivity index (χ2n) is 6.44. The molecule has 2 aliphatic heterocycles. The number of amides is 2. The quantitative estimate of drug-likeness (QED) is 0.810. The molecule has 9 heteroatoms. The van der Waals surface area contributed by atoms with Gasteiger partial charge in [0.05, 0.1) is 16.1 Å². The van der Waals surface area contributed by atoms with E-state index in [-0.39, 0.29) is 27.3 Å². The molecule has 0 saturated carbocycles. The van der Waals surface area contributed by atoms with E-state index < -0.39 is 11.7 Å². The lowest BCUT2D eigenvalue weighted by atomic mass is 9.88. The van der Waals surface area contributed by atoms with E-state index in [4.69, 9.17) is 11.6 Å². The highest BCUT2D eigenvalue weighted by atomic mass is 35.5. The number of alkyl halides is 3. The molecule has 2 aromatic rings. The predicted molar refractivity (Wildman–Crippen MR) is 87.8 cm³/mol. The summed E-state index contributed by atoms with van der Waals surface area (Å²) in [5.74, 6) is -0.335. The van der Waals surface area contributed by atoms with Gasteiger partial charge in [0.1, 0.15) is 4.88 Å². The molecule has 0 radical (unpaired) electrons. The van der Waals surface area contributed by atoms with Crippen molar-refractivity contribution < 1.29 is 22.8 Å². The van der Waals surface area contributed by atoms with Crippen molar-refractivity contribution in [1.82, 2.24) is 10.2 Å². The molecule has 3 heterocycles. The standard InChI is InChI=1S/C16H12ClF3N2O2S/c17-12-9-2-1-8(16(18,19)20)5-10(9)25-13(12)14(24)22-6-15(7-22)4-3-11(23)21-15/h1-2,5H,3-4,6-7H2,(H,21,23). The molecule has 2 aliphatic rings. The predicted octanol–water partition coefficient (Wildman–Crippen LogP) is 3.68. The third-order valence-corrected chi connectivity index (χ3v) is 6.31. The first-order valence-corrected chi connectivity index (χ1v) is 8.78. The van der Waals surface area contributed by atoms with Gasteiger partial charge in [0.25, 0.3) is 5.91 Å². The highest BCUT2D eigenvalue weighted by Crippen LogP contribution is 2.41. The van der Waals surface area contributed by atoms with Crippen molar-refractivity contribution >= 4 is 44.8 Å². The lowest BCUT2D eigenvalue weighted by Crippen LogP contribution is -2.68. The fraction of sp³-hybridized carbons (Fsp3) is 0.375. The van der Waals surface area contributed by atoms with Crippen LogP contribution in [0.2, 0.25) is 5.02 Å². The molecule has 132 valence electrons. The van der Waals surface area contributed by atoms with Crippen molar-refractivity contribution in [2.75, 3.05) is 13.1 Å². The number of fused-ring (bicyclic) bond motifs is 1. The van der Waals surface area contributed by atoms with Crippen LogP contribution in [0.1, 0.15) is 28.1 Å². The van der Waals surface area contributed by atoms with Crippen LogP contribution in [0.5, 0.6) is 0 Å². The fourth-order valence-corrected chi connectivity index (χ4v) is 4.88. The van der Waals surface area contributed by atoms with Crippen LogP contribution >= 0.6 is 22.9 Å². The van der Waals surface area contributed by atoms with E-state index in [1.54, 1.807) is 4.90 Å².